The summed E-state index contributed by atoms with van der Waals surface area (Å²) in [6.45, 7) is 1.21. The molecule has 0 saturated heterocycles. The highest BCUT2D eigenvalue weighted by molar-refractivity contribution is 6.08. The van der Waals surface area contributed by atoms with Crippen molar-refractivity contribution in [1.82, 2.24) is 0 Å². The Morgan fingerprint density at radius 3 is 2.25 bits per heavy atom. The van der Waals surface area contributed by atoms with Gasteiger partial charge in [0.1, 0.15) is 0 Å². The molecule has 0 atom stereocenters. The zero-order valence-corrected chi connectivity index (χ0v) is 8.48. The fourth-order valence-corrected chi connectivity index (χ4v) is 1.25. The van der Waals surface area contributed by atoms with Gasteiger partial charge in [0.05, 0.1) is 16.8 Å². The van der Waals surface area contributed by atoms with Crippen LogP contribution in [0.25, 0.3) is 0 Å². The molecule has 0 fully saturated rings. The van der Waals surface area contributed by atoms with Gasteiger partial charge in [0.15, 0.2) is 0 Å². The van der Waals surface area contributed by atoms with E-state index in [4.69, 9.17) is 10.8 Å². The van der Waals surface area contributed by atoms with Crippen molar-refractivity contribution in [1.29, 1.82) is 0 Å². The Bertz CT molecular complexity index is 436. The van der Waals surface area contributed by atoms with Crippen LogP contribution in [-0.4, -0.2) is 22.9 Å². The fourth-order valence-electron chi connectivity index (χ4n) is 1.25. The molecule has 1 rings (SSSR count). The van der Waals surface area contributed by atoms with Crippen molar-refractivity contribution in [2.75, 3.05) is 5.32 Å². The van der Waals surface area contributed by atoms with Gasteiger partial charge >= 0.3 is 5.97 Å². The van der Waals surface area contributed by atoms with E-state index in [0.717, 1.165) is 0 Å². The minimum absolute atomic E-state index is 0.0323. The van der Waals surface area contributed by atoms with Crippen molar-refractivity contribution in [2.24, 2.45) is 5.73 Å². The van der Waals surface area contributed by atoms with Gasteiger partial charge in [-0.15, -0.1) is 0 Å². The van der Waals surface area contributed by atoms with Gasteiger partial charge in [-0.05, 0) is 12.1 Å². The number of benzene rings is 1. The van der Waals surface area contributed by atoms with Gasteiger partial charge in [-0.1, -0.05) is 6.07 Å². The van der Waals surface area contributed by atoms with Crippen LogP contribution < -0.4 is 11.1 Å². The molecule has 0 radical (unpaired) electrons. The third-order valence-electron chi connectivity index (χ3n) is 1.86. The minimum atomic E-state index is -1.24. The van der Waals surface area contributed by atoms with Crippen molar-refractivity contribution in [3.8, 4) is 0 Å². The van der Waals surface area contributed by atoms with Crippen LogP contribution in [0.4, 0.5) is 5.69 Å². The molecule has 6 nitrogen and oxygen atoms in total. The van der Waals surface area contributed by atoms with Crippen molar-refractivity contribution in [3.63, 3.8) is 0 Å². The van der Waals surface area contributed by atoms with Gasteiger partial charge in [-0.2, -0.15) is 0 Å². The van der Waals surface area contributed by atoms with Gasteiger partial charge < -0.3 is 16.2 Å². The Balaban J connectivity index is 3.40. The first kappa shape index (κ1) is 11.7. The van der Waals surface area contributed by atoms with E-state index in [0.29, 0.717) is 0 Å². The Morgan fingerprint density at radius 1 is 1.25 bits per heavy atom. The standard InChI is InChI=1S/C10H10N2O4/c1-5(13)12-8-6(9(11)14)3-2-4-7(8)10(15)16/h2-4H,1H3,(H2,11,14)(H,12,13)(H,15,16). The molecule has 0 aliphatic heterocycles. The van der Waals surface area contributed by atoms with Crippen molar-refractivity contribution in [2.45, 2.75) is 6.92 Å². The number of carbonyl (C=O) groups excluding carboxylic acids is 2. The molecule has 0 saturated carbocycles. The second-order valence-electron chi connectivity index (χ2n) is 3.08. The summed E-state index contributed by atoms with van der Waals surface area (Å²) in [6.07, 6.45) is 0. The number of nitrogens with one attached hydrogen (secondary N) is 1. The van der Waals surface area contributed by atoms with E-state index in [-0.39, 0.29) is 16.8 Å². The van der Waals surface area contributed by atoms with Crippen LogP contribution in [0.5, 0.6) is 0 Å². The first-order valence-corrected chi connectivity index (χ1v) is 4.37. The molecule has 1 aromatic carbocycles. The molecule has 0 heterocycles. The van der Waals surface area contributed by atoms with Gasteiger partial charge in [0, 0.05) is 6.92 Å². The number of hydrogen-bond acceptors (Lipinski definition) is 3. The quantitative estimate of drug-likeness (QED) is 0.689. The number of rotatable bonds is 3. The molecule has 84 valence electrons. The molecule has 6 heteroatoms. The van der Waals surface area contributed by atoms with Crippen molar-refractivity contribution in [3.05, 3.63) is 29.3 Å². The number of anilines is 1. The minimum Gasteiger partial charge on any atom is -0.478 e. The SMILES string of the molecule is CC(=O)Nc1c(C(N)=O)cccc1C(=O)O. The Kier molecular flexibility index (Phi) is 3.24. The van der Waals surface area contributed by atoms with Crippen molar-refractivity contribution >= 4 is 23.5 Å². The molecule has 0 aliphatic carbocycles. The lowest BCUT2D eigenvalue weighted by Gasteiger charge is -2.10. The van der Waals surface area contributed by atoms with E-state index in [2.05, 4.69) is 5.32 Å². The number of nitrogens with two attached hydrogens (primary N) is 1. The third-order valence-corrected chi connectivity index (χ3v) is 1.86. The van der Waals surface area contributed by atoms with Gasteiger partial charge in [0.25, 0.3) is 5.91 Å². The molecule has 0 aromatic heterocycles. The van der Waals surface area contributed by atoms with Gasteiger partial charge in [0.2, 0.25) is 5.91 Å². The summed E-state index contributed by atoms with van der Waals surface area (Å²) in [4.78, 5) is 32.8. The molecule has 0 bridgehead atoms. The van der Waals surface area contributed by atoms with Crippen LogP contribution in [-0.2, 0) is 4.79 Å². The van der Waals surface area contributed by atoms with E-state index < -0.39 is 17.8 Å². The van der Waals surface area contributed by atoms with E-state index in [1.54, 1.807) is 0 Å². The third kappa shape index (κ3) is 2.35. The molecule has 4 N–H and O–H groups in total. The van der Waals surface area contributed by atoms with Crippen LogP contribution in [0.2, 0.25) is 0 Å². The first-order valence-electron chi connectivity index (χ1n) is 4.37. The summed E-state index contributed by atoms with van der Waals surface area (Å²) in [7, 11) is 0. The number of hydrogen-bond donors (Lipinski definition) is 3. The van der Waals surface area contributed by atoms with E-state index in [1.165, 1.54) is 25.1 Å². The predicted octanol–water partition coefficient (Wildman–Crippen LogP) is 0.442. The zero-order valence-electron chi connectivity index (χ0n) is 8.48. The molecule has 0 aliphatic rings. The zero-order chi connectivity index (χ0) is 12.3. The molecule has 2 amide bonds. The summed E-state index contributed by atoms with van der Waals surface area (Å²) in [5.41, 5.74) is 4.80. The normalized spacial score (nSPS) is 9.56. The highest BCUT2D eigenvalue weighted by Crippen LogP contribution is 2.21. The van der Waals surface area contributed by atoms with Crippen LogP contribution in [0, 0.1) is 0 Å². The Morgan fingerprint density at radius 2 is 1.81 bits per heavy atom. The average Bonchev–Trinajstić information content (AvgIpc) is 2.16. The second-order valence-corrected chi connectivity index (χ2v) is 3.08. The summed E-state index contributed by atoms with van der Waals surface area (Å²) in [6, 6.07) is 4.01. The number of carboxylic acid groups (broad SMARTS) is 1. The van der Waals surface area contributed by atoms with E-state index >= 15 is 0 Å². The lowest BCUT2D eigenvalue weighted by Crippen LogP contribution is -2.19. The summed E-state index contributed by atoms with van der Waals surface area (Å²) >= 11 is 0. The van der Waals surface area contributed by atoms with E-state index in [1.807, 2.05) is 0 Å². The lowest BCUT2D eigenvalue weighted by molar-refractivity contribution is -0.114. The maximum absolute atomic E-state index is 11.1. The molecule has 0 spiro atoms. The molecule has 16 heavy (non-hydrogen) atoms. The van der Waals surface area contributed by atoms with Gasteiger partial charge in [-0.3, -0.25) is 9.59 Å². The number of para-hydroxylation sites is 1. The predicted molar refractivity (Wildman–Crippen MR) is 56.2 cm³/mol. The number of primary amides is 1. The Hall–Kier alpha value is -2.37. The summed E-state index contributed by atoms with van der Waals surface area (Å²) in [5.74, 6) is -2.52. The number of carbonyl (C=O) groups is 3. The van der Waals surface area contributed by atoms with Gasteiger partial charge in [-0.25, -0.2) is 4.79 Å². The molecule has 1 aromatic rings. The molecular weight excluding hydrogens is 212 g/mol. The number of amides is 2. The highest BCUT2D eigenvalue weighted by atomic mass is 16.4. The monoisotopic (exact) mass is 222 g/mol. The van der Waals surface area contributed by atoms with Crippen LogP contribution >= 0.6 is 0 Å². The smallest absolute Gasteiger partial charge is 0.337 e. The number of carboxylic acids is 1. The lowest BCUT2D eigenvalue weighted by atomic mass is 10.1. The first-order chi connectivity index (χ1) is 7.43. The number of aromatic carboxylic acids is 1. The largest absolute Gasteiger partial charge is 0.478 e. The summed E-state index contributed by atoms with van der Waals surface area (Å²) in [5, 5.41) is 11.2. The Labute approximate surface area is 91.1 Å². The maximum Gasteiger partial charge on any atom is 0.337 e. The maximum atomic E-state index is 11.1. The molecular formula is C10H10N2O4. The van der Waals surface area contributed by atoms with Crippen LogP contribution in [0.3, 0.4) is 0 Å². The van der Waals surface area contributed by atoms with Crippen LogP contribution in [0.15, 0.2) is 18.2 Å². The highest BCUT2D eigenvalue weighted by Gasteiger charge is 2.17. The van der Waals surface area contributed by atoms with Crippen LogP contribution in [0.1, 0.15) is 27.6 Å². The second kappa shape index (κ2) is 4.43. The topological polar surface area (TPSA) is 109 Å². The average molecular weight is 222 g/mol. The molecule has 0 unspecified atom stereocenters. The van der Waals surface area contributed by atoms with Crippen molar-refractivity contribution < 1.29 is 19.5 Å². The van der Waals surface area contributed by atoms with E-state index in [9.17, 15) is 14.4 Å². The fraction of sp³-hybridized carbons (Fsp3) is 0.100. The summed E-state index contributed by atoms with van der Waals surface area (Å²) < 4.78 is 0.